The SMILES string of the molecule is CCOC(=O)[C@@H]1[C@@H]2CNC(=O)C12C. The molecule has 1 amide bonds. The van der Waals surface area contributed by atoms with Gasteiger partial charge in [-0.2, -0.15) is 0 Å². The van der Waals surface area contributed by atoms with Gasteiger partial charge in [0.05, 0.1) is 17.9 Å². The van der Waals surface area contributed by atoms with E-state index < -0.39 is 5.41 Å². The fourth-order valence-electron chi connectivity index (χ4n) is 2.28. The first-order valence-corrected chi connectivity index (χ1v) is 4.57. The first-order valence-electron chi connectivity index (χ1n) is 4.57. The van der Waals surface area contributed by atoms with Gasteiger partial charge in [-0.1, -0.05) is 0 Å². The predicted octanol–water partition coefficient (Wildman–Crippen LogP) is -0.0684. The fraction of sp³-hybridized carbons (Fsp3) is 0.778. The van der Waals surface area contributed by atoms with E-state index in [-0.39, 0.29) is 23.7 Å². The molecule has 3 atom stereocenters. The van der Waals surface area contributed by atoms with Crippen LogP contribution in [0.25, 0.3) is 0 Å². The van der Waals surface area contributed by atoms with Crippen LogP contribution in [0.2, 0.25) is 0 Å². The summed E-state index contributed by atoms with van der Waals surface area (Å²) >= 11 is 0. The third kappa shape index (κ3) is 0.913. The molecule has 13 heavy (non-hydrogen) atoms. The molecule has 1 saturated heterocycles. The van der Waals surface area contributed by atoms with E-state index in [1.165, 1.54) is 0 Å². The summed E-state index contributed by atoms with van der Waals surface area (Å²) in [5.74, 6) is -0.249. The molecule has 4 heteroatoms. The van der Waals surface area contributed by atoms with Gasteiger partial charge in [0.2, 0.25) is 5.91 Å². The van der Waals surface area contributed by atoms with Gasteiger partial charge in [-0.15, -0.1) is 0 Å². The summed E-state index contributed by atoms with van der Waals surface area (Å²) in [5, 5.41) is 2.74. The highest BCUT2D eigenvalue weighted by atomic mass is 16.5. The van der Waals surface area contributed by atoms with Crippen molar-refractivity contribution in [2.24, 2.45) is 17.3 Å². The van der Waals surface area contributed by atoms with Crippen LogP contribution in [0.4, 0.5) is 0 Å². The van der Waals surface area contributed by atoms with E-state index in [0.717, 1.165) is 0 Å². The zero-order chi connectivity index (χ0) is 9.64. The molecule has 0 spiro atoms. The van der Waals surface area contributed by atoms with Gasteiger partial charge in [0.1, 0.15) is 0 Å². The molecule has 0 aromatic carbocycles. The third-order valence-corrected chi connectivity index (χ3v) is 3.22. The van der Waals surface area contributed by atoms with Crippen molar-refractivity contribution in [1.82, 2.24) is 5.32 Å². The molecule has 1 N–H and O–H groups in total. The van der Waals surface area contributed by atoms with E-state index in [4.69, 9.17) is 4.74 Å². The summed E-state index contributed by atoms with van der Waals surface area (Å²) in [7, 11) is 0. The lowest BCUT2D eigenvalue weighted by atomic mass is 10.1. The molecule has 2 aliphatic rings. The average molecular weight is 183 g/mol. The van der Waals surface area contributed by atoms with Crippen molar-refractivity contribution < 1.29 is 14.3 Å². The Balaban J connectivity index is 2.08. The summed E-state index contributed by atoms with van der Waals surface area (Å²) in [4.78, 5) is 22.7. The van der Waals surface area contributed by atoms with Crippen LogP contribution in [0.1, 0.15) is 13.8 Å². The molecule has 2 rings (SSSR count). The molecule has 1 unspecified atom stereocenters. The maximum absolute atomic E-state index is 11.4. The standard InChI is InChI=1S/C9H13NO3/c1-3-13-7(11)6-5-4-10-8(12)9(5,6)2/h5-6H,3-4H2,1-2H3,(H,10,12)/t5-,6-,9?/m0/s1. The Morgan fingerprint density at radius 2 is 2.46 bits per heavy atom. The fourth-order valence-corrected chi connectivity index (χ4v) is 2.28. The number of amides is 1. The zero-order valence-electron chi connectivity index (χ0n) is 7.79. The predicted molar refractivity (Wildman–Crippen MR) is 44.7 cm³/mol. The first kappa shape index (κ1) is 8.53. The van der Waals surface area contributed by atoms with Crippen LogP contribution < -0.4 is 5.32 Å². The number of rotatable bonds is 2. The Hall–Kier alpha value is -1.06. The number of ether oxygens (including phenoxy) is 1. The quantitative estimate of drug-likeness (QED) is 0.610. The largest absolute Gasteiger partial charge is 0.466 e. The number of fused-ring (bicyclic) bond motifs is 1. The summed E-state index contributed by atoms with van der Waals surface area (Å²) in [6.07, 6.45) is 0. The van der Waals surface area contributed by atoms with Gasteiger partial charge in [0, 0.05) is 12.5 Å². The molecule has 1 heterocycles. The maximum Gasteiger partial charge on any atom is 0.310 e. The monoisotopic (exact) mass is 183 g/mol. The normalized spacial score (nSPS) is 40.9. The van der Waals surface area contributed by atoms with E-state index in [2.05, 4.69) is 5.32 Å². The number of esters is 1. The van der Waals surface area contributed by atoms with E-state index in [1.807, 2.05) is 6.92 Å². The lowest BCUT2D eigenvalue weighted by Gasteiger charge is -2.07. The van der Waals surface area contributed by atoms with Crippen LogP contribution in [-0.4, -0.2) is 25.0 Å². The second-order valence-corrected chi connectivity index (χ2v) is 3.83. The molecular weight excluding hydrogens is 170 g/mol. The molecular formula is C9H13NO3. The van der Waals surface area contributed by atoms with Crippen LogP contribution >= 0.6 is 0 Å². The minimum atomic E-state index is -0.466. The Bertz CT molecular complexity index is 276. The Kier molecular flexibility index (Phi) is 1.62. The lowest BCUT2D eigenvalue weighted by molar-refractivity contribution is -0.147. The van der Waals surface area contributed by atoms with Crippen molar-refractivity contribution in [1.29, 1.82) is 0 Å². The molecule has 0 bridgehead atoms. The summed E-state index contributed by atoms with van der Waals surface area (Å²) in [5.41, 5.74) is -0.466. The van der Waals surface area contributed by atoms with Crippen molar-refractivity contribution >= 4 is 11.9 Å². The van der Waals surface area contributed by atoms with Gasteiger partial charge in [-0.05, 0) is 13.8 Å². The number of hydrogen-bond donors (Lipinski definition) is 1. The average Bonchev–Trinajstić information content (AvgIpc) is 2.59. The number of carbonyl (C=O) groups is 2. The molecule has 0 aromatic heterocycles. The van der Waals surface area contributed by atoms with E-state index in [0.29, 0.717) is 13.2 Å². The minimum Gasteiger partial charge on any atom is -0.466 e. The second-order valence-electron chi connectivity index (χ2n) is 3.83. The van der Waals surface area contributed by atoms with Crippen LogP contribution in [0.5, 0.6) is 0 Å². The van der Waals surface area contributed by atoms with E-state index in [9.17, 15) is 9.59 Å². The highest BCUT2D eigenvalue weighted by Gasteiger charge is 2.73. The zero-order valence-corrected chi connectivity index (χ0v) is 7.79. The second kappa shape index (κ2) is 2.47. The van der Waals surface area contributed by atoms with Crippen molar-refractivity contribution in [3.63, 3.8) is 0 Å². The topological polar surface area (TPSA) is 55.4 Å². The van der Waals surface area contributed by atoms with Gasteiger partial charge in [0.15, 0.2) is 0 Å². The van der Waals surface area contributed by atoms with E-state index in [1.54, 1.807) is 6.92 Å². The van der Waals surface area contributed by atoms with Crippen molar-refractivity contribution in [2.45, 2.75) is 13.8 Å². The van der Waals surface area contributed by atoms with Gasteiger partial charge < -0.3 is 10.1 Å². The van der Waals surface area contributed by atoms with Gasteiger partial charge in [-0.3, -0.25) is 9.59 Å². The summed E-state index contributed by atoms with van der Waals surface area (Å²) < 4.78 is 4.90. The van der Waals surface area contributed by atoms with Crippen LogP contribution in [-0.2, 0) is 14.3 Å². The summed E-state index contributed by atoms with van der Waals surface area (Å²) in [6.45, 7) is 4.62. The molecule has 0 radical (unpaired) electrons. The van der Waals surface area contributed by atoms with Crippen LogP contribution in [0.15, 0.2) is 0 Å². The molecule has 1 aliphatic heterocycles. The lowest BCUT2D eigenvalue weighted by Crippen LogP contribution is -2.29. The van der Waals surface area contributed by atoms with Gasteiger partial charge >= 0.3 is 5.97 Å². The minimum absolute atomic E-state index is 0.00412. The van der Waals surface area contributed by atoms with Crippen LogP contribution in [0, 0.1) is 17.3 Å². The Morgan fingerprint density at radius 3 is 2.92 bits per heavy atom. The number of carbonyl (C=O) groups excluding carboxylic acids is 2. The van der Waals surface area contributed by atoms with Crippen molar-refractivity contribution in [3.8, 4) is 0 Å². The van der Waals surface area contributed by atoms with Crippen molar-refractivity contribution in [2.75, 3.05) is 13.2 Å². The van der Waals surface area contributed by atoms with Crippen LogP contribution in [0.3, 0.4) is 0 Å². The smallest absolute Gasteiger partial charge is 0.310 e. The molecule has 1 aliphatic carbocycles. The summed E-state index contributed by atoms with van der Waals surface area (Å²) in [6, 6.07) is 0. The van der Waals surface area contributed by atoms with E-state index >= 15 is 0 Å². The molecule has 72 valence electrons. The Labute approximate surface area is 76.6 Å². The molecule has 4 nitrogen and oxygen atoms in total. The number of hydrogen-bond acceptors (Lipinski definition) is 3. The molecule has 2 fully saturated rings. The maximum atomic E-state index is 11.4. The molecule has 1 saturated carbocycles. The number of nitrogens with one attached hydrogen (secondary N) is 1. The Morgan fingerprint density at radius 1 is 1.77 bits per heavy atom. The highest BCUT2D eigenvalue weighted by Crippen LogP contribution is 2.61. The van der Waals surface area contributed by atoms with Gasteiger partial charge in [-0.25, -0.2) is 0 Å². The highest BCUT2D eigenvalue weighted by molar-refractivity contribution is 5.97. The molecule has 0 aromatic rings. The van der Waals surface area contributed by atoms with Gasteiger partial charge in [0.25, 0.3) is 0 Å². The first-order chi connectivity index (χ1) is 6.12. The van der Waals surface area contributed by atoms with Crippen molar-refractivity contribution in [3.05, 3.63) is 0 Å². The third-order valence-electron chi connectivity index (χ3n) is 3.22. The number of piperidine rings is 1.